The number of carbonyl (C=O) groups is 1. The van der Waals surface area contributed by atoms with Gasteiger partial charge in [-0.25, -0.2) is 9.07 Å². The fourth-order valence-electron chi connectivity index (χ4n) is 2.83. The van der Waals surface area contributed by atoms with Gasteiger partial charge in [-0.05, 0) is 60.9 Å². The van der Waals surface area contributed by atoms with Crippen molar-refractivity contribution in [2.45, 2.75) is 26.7 Å². The van der Waals surface area contributed by atoms with Crippen molar-refractivity contribution < 1.29 is 9.18 Å². The van der Waals surface area contributed by atoms with Crippen LogP contribution in [0.25, 0.3) is 5.69 Å². The van der Waals surface area contributed by atoms with Crippen LogP contribution >= 0.6 is 11.6 Å². The Labute approximate surface area is 156 Å². The van der Waals surface area contributed by atoms with Gasteiger partial charge in [0.2, 0.25) is 0 Å². The number of nitrogens with one attached hydrogen (secondary N) is 1. The van der Waals surface area contributed by atoms with Crippen LogP contribution in [0.1, 0.15) is 41.4 Å². The second-order valence-electron chi connectivity index (χ2n) is 6.40. The third-order valence-electron chi connectivity index (χ3n) is 4.11. The third kappa shape index (κ3) is 3.63. The summed E-state index contributed by atoms with van der Waals surface area (Å²) in [6.07, 6.45) is 1.55. The highest BCUT2D eigenvalue weighted by Crippen LogP contribution is 2.25. The summed E-state index contributed by atoms with van der Waals surface area (Å²) in [4.78, 5) is 12.8. The van der Waals surface area contributed by atoms with E-state index in [0.29, 0.717) is 21.8 Å². The molecule has 0 aliphatic rings. The summed E-state index contributed by atoms with van der Waals surface area (Å²) in [5.74, 6) is -0.536. The summed E-state index contributed by atoms with van der Waals surface area (Å²) in [6.45, 7) is 5.76. The topological polar surface area (TPSA) is 46.9 Å². The summed E-state index contributed by atoms with van der Waals surface area (Å²) < 4.78 is 15.0. The minimum Gasteiger partial charge on any atom is -0.322 e. The zero-order valence-electron chi connectivity index (χ0n) is 14.8. The van der Waals surface area contributed by atoms with Crippen molar-refractivity contribution >= 4 is 23.2 Å². The number of benzene rings is 2. The number of aryl methyl sites for hydroxylation is 1. The fourth-order valence-corrected chi connectivity index (χ4v) is 2.96. The lowest BCUT2D eigenvalue weighted by Gasteiger charge is -2.14. The predicted molar refractivity (Wildman–Crippen MR) is 102 cm³/mol. The lowest BCUT2D eigenvalue weighted by atomic mass is 10.0. The highest BCUT2D eigenvalue weighted by atomic mass is 35.5. The molecule has 0 saturated carbocycles. The summed E-state index contributed by atoms with van der Waals surface area (Å²) in [5, 5.41) is 7.87. The van der Waals surface area contributed by atoms with Gasteiger partial charge in [-0.1, -0.05) is 25.4 Å². The zero-order valence-corrected chi connectivity index (χ0v) is 15.5. The van der Waals surface area contributed by atoms with E-state index in [1.165, 1.54) is 12.1 Å². The smallest absolute Gasteiger partial charge is 0.259 e. The molecule has 1 N–H and O–H groups in total. The van der Waals surface area contributed by atoms with E-state index in [4.69, 9.17) is 11.6 Å². The van der Waals surface area contributed by atoms with Gasteiger partial charge in [0.05, 0.1) is 23.1 Å². The molecule has 0 saturated heterocycles. The molecule has 134 valence electrons. The summed E-state index contributed by atoms with van der Waals surface area (Å²) >= 11 is 5.95. The van der Waals surface area contributed by atoms with Gasteiger partial charge in [0.1, 0.15) is 5.82 Å². The van der Waals surface area contributed by atoms with E-state index < -0.39 is 0 Å². The molecule has 1 amide bonds. The molecule has 2 aromatic carbocycles. The first-order valence-electron chi connectivity index (χ1n) is 8.28. The first-order valence-corrected chi connectivity index (χ1v) is 8.66. The van der Waals surface area contributed by atoms with Crippen molar-refractivity contribution in [2.24, 2.45) is 0 Å². The molecule has 0 fully saturated rings. The Kier molecular flexibility index (Phi) is 5.09. The lowest BCUT2D eigenvalue weighted by molar-refractivity contribution is 0.102. The standard InChI is InChI=1S/C20H19ClFN3O/c1-12(2)19-17(11-23-25(19)16-7-4-14(21)5-8-16)20(26)24-18-9-6-15(22)10-13(18)3/h4-12H,1-3H3,(H,24,26). The first-order chi connectivity index (χ1) is 12.4. The molecule has 26 heavy (non-hydrogen) atoms. The summed E-state index contributed by atoms with van der Waals surface area (Å²) in [5.41, 5.74) is 3.35. The van der Waals surface area contributed by atoms with E-state index in [0.717, 1.165) is 11.4 Å². The van der Waals surface area contributed by atoms with Crippen LogP contribution in [0, 0.1) is 12.7 Å². The second kappa shape index (κ2) is 7.30. The minimum atomic E-state index is -0.334. The molecular formula is C20H19ClFN3O. The van der Waals surface area contributed by atoms with Gasteiger partial charge in [0, 0.05) is 10.7 Å². The number of aromatic nitrogens is 2. The van der Waals surface area contributed by atoms with Gasteiger partial charge < -0.3 is 5.32 Å². The highest BCUT2D eigenvalue weighted by molar-refractivity contribution is 6.30. The fraction of sp³-hybridized carbons (Fsp3) is 0.200. The van der Waals surface area contributed by atoms with Gasteiger partial charge >= 0.3 is 0 Å². The Bertz CT molecular complexity index is 948. The summed E-state index contributed by atoms with van der Waals surface area (Å²) in [7, 11) is 0. The lowest BCUT2D eigenvalue weighted by Crippen LogP contribution is -2.16. The summed E-state index contributed by atoms with van der Waals surface area (Å²) in [6, 6.07) is 11.5. The van der Waals surface area contributed by atoms with E-state index >= 15 is 0 Å². The molecule has 4 nitrogen and oxygen atoms in total. The molecule has 1 aromatic heterocycles. The normalized spacial score (nSPS) is 11.0. The van der Waals surface area contributed by atoms with E-state index in [-0.39, 0.29) is 17.6 Å². The maximum Gasteiger partial charge on any atom is 0.259 e. The predicted octanol–water partition coefficient (Wildman–Crippen LogP) is 5.35. The molecule has 0 aliphatic heterocycles. The molecule has 6 heteroatoms. The largest absolute Gasteiger partial charge is 0.322 e. The maximum atomic E-state index is 13.3. The molecule has 3 aromatic rings. The van der Waals surface area contributed by atoms with Crippen LogP contribution in [-0.4, -0.2) is 15.7 Å². The van der Waals surface area contributed by atoms with Crippen molar-refractivity contribution in [1.29, 1.82) is 0 Å². The van der Waals surface area contributed by atoms with Crippen molar-refractivity contribution in [2.75, 3.05) is 5.32 Å². The Balaban J connectivity index is 1.97. The van der Waals surface area contributed by atoms with Gasteiger partial charge in [0.15, 0.2) is 0 Å². The SMILES string of the molecule is Cc1cc(F)ccc1NC(=O)c1cnn(-c2ccc(Cl)cc2)c1C(C)C. The number of anilines is 1. The van der Waals surface area contributed by atoms with E-state index in [2.05, 4.69) is 10.4 Å². The number of hydrogen-bond acceptors (Lipinski definition) is 2. The van der Waals surface area contributed by atoms with Gasteiger partial charge in [-0.2, -0.15) is 5.10 Å². The van der Waals surface area contributed by atoms with Crippen molar-refractivity contribution in [3.8, 4) is 5.69 Å². The monoisotopic (exact) mass is 371 g/mol. The molecular weight excluding hydrogens is 353 g/mol. The van der Waals surface area contributed by atoms with Crippen LogP contribution in [0.2, 0.25) is 5.02 Å². The number of halogens is 2. The van der Waals surface area contributed by atoms with Gasteiger partial charge in [0.25, 0.3) is 5.91 Å². The number of carbonyl (C=O) groups excluding carboxylic acids is 1. The average molecular weight is 372 g/mol. The number of rotatable bonds is 4. The molecule has 0 aliphatic carbocycles. The quantitative estimate of drug-likeness (QED) is 0.672. The molecule has 3 rings (SSSR count). The van der Waals surface area contributed by atoms with Crippen molar-refractivity contribution in [3.63, 3.8) is 0 Å². The molecule has 0 atom stereocenters. The average Bonchev–Trinajstić information content (AvgIpc) is 3.03. The van der Waals surface area contributed by atoms with Crippen LogP contribution in [0.5, 0.6) is 0 Å². The molecule has 0 bridgehead atoms. The molecule has 1 heterocycles. The molecule has 0 unspecified atom stereocenters. The highest BCUT2D eigenvalue weighted by Gasteiger charge is 2.21. The van der Waals surface area contributed by atoms with Crippen LogP contribution in [0.15, 0.2) is 48.7 Å². The van der Waals surface area contributed by atoms with Crippen molar-refractivity contribution in [3.05, 3.63) is 76.3 Å². The van der Waals surface area contributed by atoms with Crippen LogP contribution < -0.4 is 5.32 Å². The Morgan fingerprint density at radius 2 is 1.88 bits per heavy atom. The zero-order chi connectivity index (χ0) is 18.8. The second-order valence-corrected chi connectivity index (χ2v) is 6.84. The van der Waals surface area contributed by atoms with Crippen LogP contribution in [0.3, 0.4) is 0 Å². The number of hydrogen-bond donors (Lipinski definition) is 1. The number of amides is 1. The first kappa shape index (κ1) is 18.1. The van der Waals surface area contributed by atoms with Crippen LogP contribution in [0.4, 0.5) is 10.1 Å². The van der Waals surface area contributed by atoms with Crippen LogP contribution in [-0.2, 0) is 0 Å². The van der Waals surface area contributed by atoms with Gasteiger partial charge in [-0.15, -0.1) is 0 Å². The van der Waals surface area contributed by atoms with Crippen molar-refractivity contribution in [1.82, 2.24) is 9.78 Å². The third-order valence-corrected chi connectivity index (χ3v) is 4.36. The minimum absolute atomic E-state index is 0.0724. The van der Waals surface area contributed by atoms with E-state index in [1.54, 1.807) is 36.0 Å². The Hall–Kier alpha value is -2.66. The van der Waals surface area contributed by atoms with Gasteiger partial charge in [-0.3, -0.25) is 4.79 Å². The molecule has 0 spiro atoms. The molecule has 0 radical (unpaired) electrons. The van der Waals surface area contributed by atoms with E-state index in [1.807, 2.05) is 26.0 Å². The Morgan fingerprint density at radius 3 is 2.50 bits per heavy atom. The Morgan fingerprint density at radius 1 is 1.19 bits per heavy atom. The number of nitrogens with zero attached hydrogens (tertiary/aromatic N) is 2. The van der Waals surface area contributed by atoms with E-state index in [9.17, 15) is 9.18 Å². The maximum absolute atomic E-state index is 13.3.